The summed E-state index contributed by atoms with van der Waals surface area (Å²) >= 11 is 0. The zero-order valence-electron chi connectivity index (χ0n) is 11.3. The van der Waals surface area contributed by atoms with E-state index in [0.717, 1.165) is 18.0 Å². The van der Waals surface area contributed by atoms with Crippen molar-refractivity contribution in [2.24, 2.45) is 0 Å². The van der Waals surface area contributed by atoms with Crippen LogP contribution in [0.4, 0.5) is 0 Å². The second-order valence-electron chi connectivity index (χ2n) is 4.27. The monoisotopic (exact) mass is 253 g/mol. The van der Waals surface area contributed by atoms with Gasteiger partial charge in [-0.15, -0.1) is 0 Å². The Morgan fingerprint density at radius 3 is 2.63 bits per heavy atom. The Balaban J connectivity index is 2.21. The average molecular weight is 253 g/mol. The normalized spacial score (nSPS) is 14.3. The number of hydrogen-bond acceptors (Lipinski definition) is 2. The lowest BCUT2D eigenvalue weighted by Crippen LogP contribution is -2.21. The smallest absolute Gasteiger partial charge is 0.119 e. The van der Waals surface area contributed by atoms with E-state index in [0.29, 0.717) is 6.61 Å². The van der Waals surface area contributed by atoms with Gasteiger partial charge in [0.1, 0.15) is 12.4 Å². The van der Waals surface area contributed by atoms with Crippen molar-refractivity contribution in [3.63, 3.8) is 0 Å². The first-order chi connectivity index (χ1) is 9.26. The molecule has 1 aromatic rings. The third kappa shape index (κ3) is 2.97. The maximum atomic E-state index is 5.49. The van der Waals surface area contributed by atoms with Crippen LogP contribution in [0.25, 0.3) is 5.70 Å². The quantitative estimate of drug-likeness (QED) is 0.735. The van der Waals surface area contributed by atoms with E-state index in [1.807, 2.05) is 24.3 Å². The minimum Gasteiger partial charge on any atom is -0.490 e. The maximum absolute atomic E-state index is 5.49. The van der Waals surface area contributed by atoms with Gasteiger partial charge < -0.3 is 9.64 Å². The number of nitrogens with zero attached hydrogens (tertiary/aromatic N) is 1. The molecule has 98 valence electrons. The Morgan fingerprint density at radius 2 is 2.00 bits per heavy atom. The molecule has 19 heavy (non-hydrogen) atoms. The lowest BCUT2D eigenvalue weighted by molar-refractivity contribution is 0.363. The van der Waals surface area contributed by atoms with Crippen molar-refractivity contribution in [2.45, 2.75) is 6.92 Å². The van der Waals surface area contributed by atoms with Crippen LogP contribution in [0.3, 0.4) is 0 Å². The molecule has 0 atom stereocenters. The molecule has 2 nitrogen and oxygen atoms in total. The van der Waals surface area contributed by atoms with E-state index in [1.165, 1.54) is 11.3 Å². The molecule has 1 aliphatic rings. The van der Waals surface area contributed by atoms with Crippen LogP contribution in [0, 0.1) is 0 Å². The summed E-state index contributed by atoms with van der Waals surface area (Å²) in [6, 6.07) is 8.10. The SMILES string of the molecule is C=CCOc1ccc(C2=CC=CC(=C)N2CC)cc1. The summed E-state index contributed by atoms with van der Waals surface area (Å²) in [6.07, 6.45) is 7.91. The highest BCUT2D eigenvalue weighted by atomic mass is 16.5. The van der Waals surface area contributed by atoms with Crippen molar-refractivity contribution in [1.82, 2.24) is 4.90 Å². The first-order valence-corrected chi connectivity index (χ1v) is 6.45. The Bertz CT molecular complexity index is 523. The highest BCUT2D eigenvalue weighted by Gasteiger charge is 2.13. The molecular weight excluding hydrogens is 234 g/mol. The number of likely N-dealkylation sites (N-methyl/N-ethyl adjacent to an activating group) is 1. The van der Waals surface area contributed by atoms with E-state index in [-0.39, 0.29) is 0 Å². The number of rotatable bonds is 5. The molecule has 1 heterocycles. The topological polar surface area (TPSA) is 12.5 Å². The van der Waals surface area contributed by atoms with Crippen LogP contribution < -0.4 is 4.74 Å². The molecule has 0 amide bonds. The summed E-state index contributed by atoms with van der Waals surface area (Å²) < 4.78 is 5.49. The number of benzene rings is 1. The van der Waals surface area contributed by atoms with Gasteiger partial charge in [0.15, 0.2) is 0 Å². The van der Waals surface area contributed by atoms with Crippen LogP contribution in [0.1, 0.15) is 12.5 Å². The fraction of sp³-hybridized carbons (Fsp3) is 0.176. The molecule has 0 saturated heterocycles. The molecule has 0 spiro atoms. The number of allylic oxidation sites excluding steroid dienone is 3. The van der Waals surface area contributed by atoms with Crippen molar-refractivity contribution in [1.29, 1.82) is 0 Å². The fourth-order valence-corrected chi connectivity index (χ4v) is 2.09. The molecule has 0 fully saturated rings. The van der Waals surface area contributed by atoms with Crippen molar-refractivity contribution >= 4 is 5.70 Å². The molecule has 2 heteroatoms. The van der Waals surface area contributed by atoms with Crippen molar-refractivity contribution < 1.29 is 4.74 Å². The van der Waals surface area contributed by atoms with Crippen LogP contribution >= 0.6 is 0 Å². The van der Waals surface area contributed by atoms with Crippen molar-refractivity contribution in [3.8, 4) is 5.75 Å². The lowest BCUT2D eigenvalue weighted by atomic mass is 10.1. The Morgan fingerprint density at radius 1 is 1.26 bits per heavy atom. The molecule has 1 aromatic carbocycles. The molecule has 0 saturated carbocycles. The predicted octanol–water partition coefficient (Wildman–Crippen LogP) is 4.00. The first kappa shape index (κ1) is 13.2. The Hall–Kier alpha value is -2.22. The van der Waals surface area contributed by atoms with Gasteiger partial charge in [0, 0.05) is 17.9 Å². The molecule has 0 bridgehead atoms. The molecule has 0 unspecified atom stereocenters. The van der Waals surface area contributed by atoms with E-state index in [1.54, 1.807) is 6.08 Å². The largest absolute Gasteiger partial charge is 0.490 e. The highest BCUT2D eigenvalue weighted by molar-refractivity contribution is 5.69. The van der Waals surface area contributed by atoms with E-state index < -0.39 is 0 Å². The molecule has 2 rings (SSSR count). The highest BCUT2D eigenvalue weighted by Crippen LogP contribution is 2.27. The molecule has 0 radical (unpaired) electrons. The van der Waals surface area contributed by atoms with Gasteiger partial charge in [0.25, 0.3) is 0 Å². The first-order valence-electron chi connectivity index (χ1n) is 6.45. The summed E-state index contributed by atoms with van der Waals surface area (Å²) in [5.74, 6) is 0.859. The van der Waals surface area contributed by atoms with Gasteiger partial charge >= 0.3 is 0 Å². The summed E-state index contributed by atoms with van der Waals surface area (Å²) in [5.41, 5.74) is 3.36. The second kappa shape index (κ2) is 6.10. The lowest BCUT2D eigenvalue weighted by Gasteiger charge is -2.28. The molecular formula is C17H19NO. The van der Waals surface area contributed by atoms with Gasteiger partial charge in [0.2, 0.25) is 0 Å². The van der Waals surface area contributed by atoms with E-state index in [9.17, 15) is 0 Å². The van der Waals surface area contributed by atoms with Crippen molar-refractivity contribution in [3.05, 3.63) is 73.0 Å². The van der Waals surface area contributed by atoms with Crippen LogP contribution in [0.5, 0.6) is 5.75 Å². The number of ether oxygens (including phenoxy) is 1. The minimum absolute atomic E-state index is 0.530. The van der Waals surface area contributed by atoms with Crippen LogP contribution in [-0.4, -0.2) is 18.1 Å². The van der Waals surface area contributed by atoms with Gasteiger partial charge in [-0.25, -0.2) is 0 Å². The van der Waals surface area contributed by atoms with Gasteiger partial charge in [-0.2, -0.15) is 0 Å². The van der Waals surface area contributed by atoms with Gasteiger partial charge in [-0.1, -0.05) is 25.3 Å². The summed E-state index contributed by atoms with van der Waals surface area (Å²) in [5, 5.41) is 0. The third-order valence-corrected chi connectivity index (χ3v) is 3.01. The summed E-state index contributed by atoms with van der Waals surface area (Å²) in [6.45, 7) is 11.3. The third-order valence-electron chi connectivity index (χ3n) is 3.01. The molecule has 0 aliphatic carbocycles. The average Bonchev–Trinajstić information content (AvgIpc) is 2.45. The molecule has 0 N–H and O–H groups in total. The standard InChI is InChI=1S/C17H19NO/c1-4-13-19-16-11-9-15(10-12-16)17-8-6-7-14(3)18(17)5-2/h4,6-12H,1,3,5,13H2,2H3. The number of hydrogen-bond donors (Lipinski definition) is 0. The summed E-state index contributed by atoms with van der Waals surface area (Å²) in [4.78, 5) is 2.19. The van der Waals surface area contributed by atoms with Gasteiger partial charge in [-0.3, -0.25) is 0 Å². The Labute approximate surface area is 115 Å². The zero-order valence-corrected chi connectivity index (χ0v) is 11.3. The van der Waals surface area contributed by atoms with E-state index >= 15 is 0 Å². The second-order valence-corrected chi connectivity index (χ2v) is 4.27. The predicted molar refractivity (Wildman–Crippen MR) is 80.8 cm³/mol. The molecule has 1 aliphatic heterocycles. The van der Waals surface area contributed by atoms with Crippen LogP contribution in [0.2, 0.25) is 0 Å². The van der Waals surface area contributed by atoms with Gasteiger partial charge in [0.05, 0.1) is 0 Å². The minimum atomic E-state index is 0.530. The zero-order chi connectivity index (χ0) is 13.7. The summed E-state index contributed by atoms with van der Waals surface area (Å²) in [7, 11) is 0. The van der Waals surface area contributed by atoms with Crippen LogP contribution in [-0.2, 0) is 0 Å². The maximum Gasteiger partial charge on any atom is 0.119 e. The Kier molecular flexibility index (Phi) is 4.24. The molecule has 0 aromatic heterocycles. The van der Waals surface area contributed by atoms with Crippen molar-refractivity contribution in [2.75, 3.05) is 13.2 Å². The fourth-order valence-electron chi connectivity index (χ4n) is 2.09. The van der Waals surface area contributed by atoms with E-state index in [2.05, 4.69) is 43.2 Å². The van der Waals surface area contributed by atoms with Crippen LogP contribution in [0.15, 0.2) is 67.4 Å². The van der Waals surface area contributed by atoms with E-state index in [4.69, 9.17) is 4.74 Å². The van der Waals surface area contributed by atoms with Gasteiger partial charge in [-0.05, 0) is 48.9 Å².